The van der Waals surface area contributed by atoms with Crippen LogP contribution in [-0.2, 0) is 6.54 Å². The molecule has 4 nitrogen and oxygen atoms in total. The molecule has 3 rings (SSSR count). The van der Waals surface area contributed by atoms with Crippen LogP contribution in [0.5, 0.6) is 0 Å². The molecule has 144 valence electrons. The van der Waals surface area contributed by atoms with Gasteiger partial charge in [-0.05, 0) is 42.0 Å². The number of carbonyl (C=O) groups excluding carboxylic acids is 1. The van der Waals surface area contributed by atoms with E-state index in [-0.39, 0.29) is 11.6 Å². The molecule has 1 N–H and O–H groups in total. The number of carbonyl (C=O) groups is 1. The van der Waals surface area contributed by atoms with Gasteiger partial charge < -0.3 is 5.32 Å². The van der Waals surface area contributed by atoms with Gasteiger partial charge in [-0.25, -0.2) is 17.9 Å². The first-order valence-electron chi connectivity index (χ1n) is 7.98. The fraction of sp³-hybridized carbons (Fsp3) is 0.0526. The van der Waals surface area contributed by atoms with E-state index in [0.717, 1.165) is 16.4 Å². The number of nitrogens with zero attached hydrogens (tertiary/aromatic N) is 2. The number of hydrogen-bond donors (Lipinski definition) is 2. The van der Waals surface area contributed by atoms with Crippen molar-refractivity contribution >= 4 is 47.7 Å². The highest BCUT2D eigenvalue weighted by Gasteiger charge is 2.17. The molecule has 1 heterocycles. The fourth-order valence-electron chi connectivity index (χ4n) is 2.50. The van der Waals surface area contributed by atoms with Gasteiger partial charge in [0.05, 0.1) is 21.4 Å². The van der Waals surface area contributed by atoms with Crippen LogP contribution >= 0.6 is 36.0 Å². The maximum absolute atomic E-state index is 13.6. The van der Waals surface area contributed by atoms with E-state index >= 15 is 0 Å². The number of nitrogens with one attached hydrogen (secondary N) is 1. The molecule has 0 spiro atoms. The Balaban J connectivity index is 1.78. The highest BCUT2D eigenvalue weighted by molar-refractivity contribution is 7.82. The average molecular weight is 440 g/mol. The van der Waals surface area contributed by atoms with Crippen molar-refractivity contribution in [2.75, 3.05) is 4.31 Å². The summed E-state index contributed by atoms with van der Waals surface area (Å²) in [5.41, 5.74) is 1.75. The normalized spacial score (nSPS) is 10.6. The Morgan fingerprint density at radius 2 is 1.89 bits per heavy atom. The Labute approximate surface area is 175 Å². The monoisotopic (exact) mass is 439 g/mol. The van der Waals surface area contributed by atoms with Crippen molar-refractivity contribution in [3.8, 4) is 11.3 Å². The third kappa shape index (κ3) is 4.38. The first-order valence-corrected chi connectivity index (χ1v) is 9.14. The van der Waals surface area contributed by atoms with Crippen molar-refractivity contribution in [2.45, 2.75) is 6.54 Å². The molecular formula is C19H13Cl2F2N3OS. The third-order valence-electron chi connectivity index (χ3n) is 3.87. The minimum Gasteiger partial charge on any atom is -0.333 e. The van der Waals surface area contributed by atoms with Gasteiger partial charge in [0.25, 0.3) is 0 Å². The molecular weight excluding hydrogens is 427 g/mol. The van der Waals surface area contributed by atoms with Crippen LogP contribution in [-0.4, -0.2) is 11.0 Å². The van der Waals surface area contributed by atoms with Crippen molar-refractivity contribution in [3.63, 3.8) is 0 Å². The standard InChI is InChI=1S/C19H13Cl2F2N3OS/c20-13-4-1-5-16(17(13)21)26(28)19(27)25-10-12-3-2-8-24-18(12)11-6-7-14(22)15(23)9-11/h1-9,28H,10H2,(H,25,27). The molecule has 0 atom stereocenters. The van der Waals surface area contributed by atoms with Gasteiger partial charge in [-0.2, -0.15) is 0 Å². The molecule has 0 bridgehead atoms. The second kappa shape index (κ2) is 8.77. The molecule has 0 fully saturated rings. The smallest absolute Gasteiger partial charge is 0.332 e. The highest BCUT2D eigenvalue weighted by atomic mass is 35.5. The van der Waals surface area contributed by atoms with Crippen LogP contribution in [0, 0.1) is 11.6 Å². The number of rotatable bonds is 4. The molecule has 9 heteroatoms. The summed E-state index contributed by atoms with van der Waals surface area (Å²) in [5, 5.41) is 3.16. The summed E-state index contributed by atoms with van der Waals surface area (Å²) < 4.78 is 27.8. The van der Waals surface area contributed by atoms with Gasteiger partial charge in [0.1, 0.15) is 0 Å². The number of thiol groups is 1. The van der Waals surface area contributed by atoms with Crippen molar-refractivity contribution in [2.24, 2.45) is 0 Å². The number of amides is 2. The third-order valence-corrected chi connectivity index (χ3v) is 5.07. The maximum atomic E-state index is 13.6. The van der Waals surface area contributed by atoms with E-state index in [2.05, 4.69) is 23.1 Å². The second-order valence-electron chi connectivity index (χ2n) is 5.68. The van der Waals surface area contributed by atoms with Crippen molar-refractivity contribution < 1.29 is 13.6 Å². The van der Waals surface area contributed by atoms with Crippen LogP contribution in [0.25, 0.3) is 11.3 Å². The van der Waals surface area contributed by atoms with E-state index in [1.807, 2.05) is 0 Å². The molecule has 28 heavy (non-hydrogen) atoms. The molecule has 2 amide bonds. The zero-order valence-corrected chi connectivity index (χ0v) is 16.6. The number of halogens is 4. The molecule has 0 saturated carbocycles. The van der Waals surface area contributed by atoms with Gasteiger partial charge in [-0.15, -0.1) is 0 Å². The van der Waals surface area contributed by atoms with E-state index in [4.69, 9.17) is 23.2 Å². The number of aromatic nitrogens is 1. The van der Waals surface area contributed by atoms with Gasteiger partial charge in [0.2, 0.25) is 0 Å². The topological polar surface area (TPSA) is 45.2 Å². The van der Waals surface area contributed by atoms with Gasteiger partial charge in [0.15, 0.2) is 11.6 Å². The van der Waals surface area contributed by atoms with Crippen LogP contribution in [0.1, 0.15) is 5.56 Å². The number of anilines is 1. The summed E-state index contributed by atoms with van der Waals surface area (Å²) in [6, 6.07) is 11.2. The van der Waals surface area contributed by atoms with Gasteiger partial charge in [-0.1, -0.05) is 48.1 Å². The van der Waals surface area contributed by atoms with Gasteiger partial charge in [-0.3, -0.25) is 4.98 Å². The minimum atomic E-state index is -0.977. The summed E-state index contributed by atoms with van der Waals surface area (Å²) in [6.07, 6.45) is 1.53. The Morgan fingerprint density at radius 1 is 1.11 bits per heavy atom. The molecule has 3 aromatic rings. The maximum Gasteiger partial charge on any atom is 0.332 e. The predicted octanol–water partition coefficient (Wildman–Crippen LogP) is 5.89. The molecule has 0 unspecified atom stereocenters. The largest absolute Gasteiger partial charge is 0.333 e. The van der Waals surface area contributed by atoms with E-state index in [0.29, 0.717) is 27.5 Å². The molecule has 0 aliphatic carbocycles. The van der Waals surface area contributed by atoms with Crippen LogP contribution in [0.2, 0.25) is 10.0 Å². The molecule has 0 saturated heterocycles. The lowest BCUT2D eigenvalue weighted by atomic mass is 10.1. The zero-order valence-electron chi connectivity index (χ0n) is 14.2. The minimum absolute atomic E-state index is 0.0796. The van der Waals surface area contributed by atoms with Crippen molar-refractivity contribution in [1.82, 2.24) is 10.3 Å². The molecule has 2 aromatic carbocycles. The summed E-state index contributed by atoms with van der Waals surface area (Å²) in [7, 11) is 0. The summed E-state index contributed by atoms with van der Waals surface area (Å²) in [6.45, 7) is 0.0796. The SMILES string of the molecule is O=C(NCc1cccnc1-c1ccc(F)c(F)c1)N(S)c1cccc(Cl)c1Cl. The Hall–Kier alpha value is -2.35. The molecule has 0 aliphatic rings. The highest BCUT2D eigenvalue weighted by Crippen LogP contribution is 2.33. The van der Waals surface area contributed by atoms with Crippen molar-refractivity contribution in [1.29, 1.82) is 0 Å². The van der Waals surface area contributed by atoms with Crippen LogP contribution in [0.4, 0.5) is 19.3 Å². The average Bonchev–Trinajstić information content (AvgIpc) is 2.70. The van der Waals surface area contributed by atoms with E-state index < -0.39 is 17.7 Å². The Kier molecular flexibility index (Phi) is 6.39. The summed E-state index contributed by atoms with van der Waals surface area (Å²) in [4.78, 5) is 16.6. The Bertz CT molecular complexity index is 1040. The molecule has 0 radical (unpaired) electrons. The van der Waals surface area contributed by atoms with Gasteiger partial charge in [0, 0.05) is 18.3 Å². The van der Waals surface area contributed by atoms with Crippen LogP contribution < -0.4 is 9.62 Å². The fourth-order valence-corrected chi connectivity index (χ4v) is 3.17. The lowest BCUT2D eigenvalue weighted by Gasteiger charge is -2.19. The van der Waals surface area contributed by atoms with E-state index in [9.17, 15) is 13.6 Å². The van der Waals surface area contributed by atoms with E-state index in [1.165, 1.54) is 12.3 Å². The first kappa shape index (κ1) is 20.4. The van der Waals surface area contributed by atoms with Gasteiger partial charge >= 0.3 is 6.03 Å². The molecule has 0 aliphatic heterocycles. The lowest BCUT2D eigenvalue weighted by molar-refractivity contribution is 0.249. The summed E-state index contributed by atoms with van der Waals surface area (Å²) in [5.74, 6) is -1.92. The summed E-state index contributed by atoms with van der Waals surface area (Å²) >= 11 is 16.2. The number of urea groups is 1. The van der Waals surface area contributed by atoms with Crippen LogP contribution in [0.3, 0.4) is 0 Å². The number of pyridine rings is 1. The predicted molar refractivity (Wildman–Crippen MR) is 110 cm³/mol. The first-order chi connectivity index (χ1) is 13.4. The zero-order chi connectivity index (χ0) is 20.3. The lowest BCUT2D eigenvalue weighted by Crippen LogP contribution is -2.33. The number of benzene rings is 2. The Morgan fingerprint density at radius 3 is 2.64 bits per heavy atom. The number of hydrogen-bond acceptors (Lipinski definition) is 3. The quantitative estimate of drug-likeness (QED) is 0.497. The van der Waals surface area contributed by atoms with Crippen molar-refractivity contribution in [3.05, 3.63) is 82.0 Å². The second-order valence-corrected chi connectivity index (χ2v) is 6.87. The van der Waals surface area contributed by atoms with E-state index in [1.54, 1.807) is 30.3 Å². The molecule has 1 aromatic heterocycles. The van der Waals surface area contributed by atoms with Crippen LogP contribution in [0.15, 0.2) is 54.7 Å².